The number of nitrogens with zero attached hydrogens (tertiary/aromatic N) is 3. The Hall–Kier alpha value is -1.18. The quantitative estimate of drug-likeness (QED) is 0.431. The van der Waals surface area contributed by atoms with Crippen molar-refractivity contribution >= 4 is 11.9 Å². The van der Waals surface area contributed by atoms with Crippen molar-refractivity contribution in [2.45, 2.75) is 63.5 Å². The molecule has 3 aliphatic rings. The number of hydrazine groups is 1. The molecule has 0 aromatic rings. The average Bonchev–Trinajstić information content (AvgIpc) is 3.10. The summed E-state index contributed by atoms with van der Waals surface area (Å²) in [5.74, 6) is 5.99. The summed E-state index contributed by atoms with van der Waals surface area (Å²) in [6.45, 7) is 4.74. The standard InChI is InChI=1S/C18H32N4O3/c19-21-12-7-15(8-13-21)22-11-3-5-16(22)18(24)25-14-4-10-20-9-2-1-6-17(20)23/h15-16H,1-14,19H2. The molecule has 25 heavy (non-hydrogen) atoms. The van der Waals surface area contributed by atoms with Crippen LogP contribution in [0.3, 0.4) is 0 Å². The minimum absolute atomic E-state index is 0.0855. The van der Waals surface area contributed by atoms with Gasteiger partial charge in [-0.2, -0.15) is 0 Å². The van der Waals surface area contributed by atoms with Gasteiger partial charge in [0.25, 0.3) is 0 Å². The van der Waals surface area contributed by atoms with Crippen molar-refractivity contribution in [1.29, 1.82) is 0 Å². The average molecular weight is 352 g/mol. The maximum atomic E-state index is 12.5. The Bertz CT molecular complexity index is 465. The van der Waals surface area contributed by atoms with Gasteiger partial charge in [0.15, 0.2) is 0 Å². The third kappa shape index (κ3) is 4.92. The molecule has 1 amide bonds. The van der Waals surface area contributed by atoms with Crippen molar-refractivity contribution in [3.05, 3.63) is 0 Å². The van der Waals surface area contributed by atoms with Crippen LogP contribution in [0, 0.1) is 0 Å². The third-order valence-electron chi connectivity index (χ3n) is 5.77. The van der Waals surface area contributed by atoms with Crippen LogP contribution in [0.25, 0.3) is 0 Å². The Balaban J connectivity index is 1.39. The predicted molar refractivity (Wildman–Crippen MR) is 94.5 cm³/mol. The van der Waals surface area contributed by atoms with Crippen molar-refractivity contribution in [1.82, 2.24) is 14.8 Å². The fourth-order valence-corrected chi connectivity index (χ4v) is 4.32. The number of hydrogen-bond donors (Lipinski definition) is 1. The van der Waals surface area contributed by atoms with Crippen LogP contribution in [0.1, 0.15) is 51.4 Å². The molecule has 7 nitrogen and oxygen atoms in total. The fraction of sp³-hybridized carbons (Fsp3) is 0.889. The van der Waals surface area contributed by atoms with E-state index in [0.29, 0.717) is 25.6 Å². The molecular weight excluding hydrogens is 320 g/mol. The van der Waals surface area contributed by atoms with Crippen LogP contribution < -0.4 is 5.84 Å². The first-order valence-electron chi connectivity index (χ1n) is 9.85. The van der Waals surface area contributed by atoms with Gasteiger partial charge in [0.1, 0.15) is 6.04 Å². The SMILES string of the molecule is NN1CCC(N2CCCC2C(=O)OCCCN2CCCCC2=O)CC1. The molecule has 0 bridgehead atoms. The first-order valence-corrected chi connectivity index (χ1v) is 9.85. The number of piperidine rings is 2. The highest BCUT2D eigenvalue weighted by Gasteiger charge is 2.37. The van der Waals surface area contributed by atoms with E-state index in [1.807, 2.05) is 9.91 Å². The summed E-state index contributed by atoms with van der Waals surface area (Å²) < 4.78 is 5.54. The number of nitrogens with two attached hydrogens (primary N) is 1. The first-order chi connectivity index (χ1) is 12.1. The summed E-state index contributed by atoms with van der Waals surface area (Å²) in [6.07, 6.45) is 7.50. The smallest absolute Gasteiger partial charge is 0.323 e. The van der Waals surface area contributed by atoms with Gasteiger partial charge in [-0.3, -0.25) is 20.3 Å². The number of rotatable bonds is 6. The third-order valence-corrected chi connectivity index (χ3v) is 5.77. The molecule has 3 fully saturated rings. The van der Waals surface area contributed by atoms with Crippen molar-refractivity contribution in [2.75, 3.05) is 39.3 Å². The largest absolute Gasteiger partial charge is 0.464 e. The lowest BCUT2D eigenvalue weighted by Gasteiger charge is -2.37. The molecule has 2 N–H and O–H groups in total. The lowest BCUT2D eigenvalue weighted by Crippen LogP contribution is -2.50. The predicted octanol–water partition coefficient (Wildman–Crippen LogP) is 0.735. The summed E-state index contributed by atoms with van der Waals surface area (Å²) in [7, 11) is 0. The Morgan fingerprint density at radius 3 is 2.64 bits per heavy atom. The molecule has 3 aliphatic heterocycles. The van der Waals surface area contributed by atoms with Gasteiger partial charge in [0, 0.05) is 38.6 Å². The van der Waals surface area contributed by atoms with Gasteiger partial charge >= 0.3 is 5.97 Å². The topological polar surface area (TPSA) is 79.1 Å². The van der Waals surface area contributed by atoms with Gasteiger partial charge in [-0.05, 0) is 51.5 Å². The monoisotopic (exact) mass is 352 g/mol. The highest BCUT2D eigenvalue weighted by Crippen LogP contribution is 2.26. The van der Waals surface area contributed by atoms with E-state index in [9.17, 15) is 9.59 Å². The lowest BCUT2D eigenvalue weighted by molar-refractivity contribution is -0.150. The Morgan fingerprint density at radius 1 is 1.08 bits per heavy atom. The van der Waals surface area contributed by atoms with E-state index in [4.69, 9.17) is 10.6 Å². The van der Waals surface area contributed by atoms with Crippen molar-refractivity contribution < 1.29 is 14.3 Å². The summed E-state index contributed by atoms with van der Waals surface area (Å²) in [5, 5.41) is 1.86. The Kier molecular flexibility index (Phi) is 6.67. The van der Waals surface area contributed by atoms with E-state index in [2.05, 4.69) is 4.90 Å². The molecule has 3 saturated heterocycles. The van der Waals surface area contributed by atoms with Crippen molar-refractivity contribution in [2.24, 2.45) is 5.84 Å². The summed E-state index contributed by atoms with van der Waals surface area (Å²) in [5.41, 5.74) is 0. The van der Waals surface area contributed by atoms with Crippen LogP contribution in [0.4, 0.5) is 0 Å². The Morgan fingerprint density at radius 2 is 1.88 bits per heavy atom. The minimum atomic E-state index is -0.0917. The fourth-order valence-electron chi connectivity index (χ4n) is 4.32. The Labute approximate surface area is 150 Å². The molecule has 7 heteroatoms. The zero-order valence-electron chi connectivity index (χ0n) is 15.2. The number of likely N-dealkylation sites (tertiary alicyclic amines) is 2. The van der Waals surface area contributed by atoms with Crippen molar-refractivity contribution in [3.63, 3.8) is 0 Å². The molecule has 0 spiro atoms. The molecule has 3 rings (SSSR count). The van der Waals surface area contributed by atoms with Gasteiger partial charge < -0.3 is 9.64 Å². The summed E-state index contributed by atoms with van der Waals surface area (Å²) in [4.78, 5) is 28.5. The molecule has 3 heterocycles. The van der Waals surface area contributed by atoms with Crippen LogP contribution in [-0.4, -0.2) is 78.1 Å². The summed E-state index contributed by atoms with van der Waals surface area (Å²) in [6, 6.07) is 0.358. The number of esters is 1. The highest BCUT2D eigenvalue weighted by atomic mass is 16.5. The van der Waals surface area contributed by atoms with E-state index < -0.39 is 0 Å². The van der Waals surface area contributed by atoms with E-state index in [1.165, 1.54) is 0 Å². The molecule has 0 saturated carbocycles. The van der Waals surface area contributed by atoms with Gasteiger partial charge in [0.05, 0.1) is 6.61 Å². The molecule has 1 unspecified atom stereocenters. The van der Waals surface area contributed by atoms with Gasteiger partial charge in [-0.25, -0.2) is 5.01 Å². The van der Waals surface area contributed by atoms with Crippen LogP contribution >= 0.6 is 0 Å². The van der Waals surface area contributed by atoms with Crippen LogP contribution in [0.5, 0.6) is 0 Å². The van der Waals surface area contributed by atoms with Gasteiger partial charge in [0.2, 0.25) is 5.91 Å². The second kappa shape index (κ2) is 8.96. The second-order valence-corrected chi connectivity index (χ2v) is 7.52. The zero-order chi connectivity index (χ0) is 17.6. The lowest BCUT2D eigenvalue weighted by atomic mass is 10.0. The van der Waals surface area contributed by atoms with Crippen LogP contribution in [-0.2, 0) is 14.3 Å². The maximum absolute atomic E-state index is 12.5. The van der Waals surface area contributed by atoms with Gasteiger partial charge in [-0.1, -0.05) is 0 Å². The second-order valence-electron chi connectivity index (χ2n) is 7.52. The zero-order valence-corrected chi connectivity index (χ0v) is 15.2. The minimum Gasteiger partial charge on any atom is -0.464 e. The van der Waals surface area contributed by atoms with Crippen LogP contribution in [0.15, 0.2) is 0 Å². The number of carbonyl (C=O) groups excluding carboxylic acids is 2. The number of hydrogen-bond acceptors (Lipinski definition) is 6. The molecular formula is C18H32N4O3. The molecule has 0 aromatic carbocycles. The molecule has 142 valence electrons. The van der Waals surface area contributed by atoms with E-state index in [0.717, 1.165) is 71.1 Å². The first kappa shape index (κ1) is 18.6. The van der Waals surface area contributed by atoms with E-state index in [1.54, 1.807) is 0 Å². The van der Waals surface area contributed by atoms with E-state index in [-0.39, 0.29) is 17.9 Å². The molecule has 0 radical (unpaired) electrons. The number of amides is 1. The molecule has 0 aliphatic carbocycles. The molecule has 1 atom stereocenters. The normalized spacial score (nSPS) is 27.0. The van der Waals surface area contributed by atoms with Crippen molar-refractivity contribution in [3.8, 4) is 0 Å². The number of carbonyl (C=O) groups is 2. The van der Waals surface area contributed by atoms with Gasteiger partial charge in [-0.15, -0.1) is 0 Å². The number of ether oxygens (including phenoxy) is 1. The highest BCUT2D eigenvalue weighted by molar-refractivity contribution is 5.77. The molecule has 0 aromatic heterocycles. The summed E-state index contributed by atoms with van der Waals surface area (Å²) >= 11 is 0. The van der Waals surface area contributed by atoms with E-state index >= 15 is 0 Å². The maximum Gasteiger partial charge on any atom is 0.323 e. The van der Waals surface area contributed by atoms with Crippen LogP contribution in [0.2, 0.25) is 0 Å².